The van der Waals surface area contributed by atoms with E-state index in [4.69, 9.17) is 10.5 Å². The summed E-state index contributed by atoms with van der Waals surface area (Å²) in [5.41, 5.74) is 4.21. The Morgan fingerprint density at radius 1 is 1.25 bits per heavy atom. The number of benzene rings is 1. The molecule has 1 atom stereocenters. The first kappa shape index (κ1) is 18.7. The lowest BCUT2D eigenvalue weighted by Gasteiger charge is -2.26. The van der Waals surface area contributed by atoms with Gasteiger partial charge in [0.25, 0.3) is 0 Å². The molecule has 0 radical (unpaired) electrons. The first-order valence-corrected chi connectivity index (χ1v) is 5.27. The first-order chi connectivity index (χ1) is 8.63. The highest BCUT2D eigenvalue weighted by molar-refractivity contribution is 5.85. The maximum atomic E-state index is 13.1. The lowest BCUT2D eigenvalue weighted by molar-refractivity contribution is -0.291. The van der Waals surface area contributed by atoms with Crippen molar-refractivity contribution in [2.24, 2.45) is 5.73 Å². The third-order valence-corrected chi connectivity index (χ3v) is 2.43. The molecular weight excluding hydrogens is 309 g/mol. The van der Waals surface area contributed by atoms with Crippen LogP contribution in [0.5, 0.6) is 11.5 Å². The molecule has 1 aromatic carbocycles. The number of alkyl halides is 5. The molecule has 3 nitrogen and oxygen atoms in total. The number of para-hydroxylation sites is 1. The molecule has 0 aliphatic rings. The van der Waals surface area contributed by atoms with Crippen molar-refractivity contribution < 1.29 is 31.8 Å². The highest BCUT2D eigenvalue weighted by atomic mass is 35.5. The Hall–Kier alpha value is -1.28. The van der Waals surface area contributed by atoms with Crippen molar-refractivity contribution in [3.05, 3.63) is 23.8 Å². The van der Waals surface area contributed by atoms with Gasteiger partial charge in [-0.3, -0.25) is 0 Å². The maximum absolute atomic E-state index is 13.1. The van der Waals surface area contributed by atoms with Gasteiger partial charge >= 0.3 is 12.1 Å². The van der Waals surface area contributed by atoms with Gasteiger partial charge in [0, 0.05) is 5.56 Å². The summed E-state index contributed by atoms with van der Waals surface area (Å²) in [6.07, 6.45) is -5.81. The van der Waals surface area contributed by atoms with Crippen LogP contribution in [0.4, 0.5) is 22.0 Å². The van der Waals surface area contributed by atoms with Crippen LogP contribution in [0, 0.1) is 0 Å². The van der Waals surface area contributed by atoms with E-state index in [-0.39, 0.29) is 24.8 Å². The molecule has 20 heavy (non-hydrogen) atoms. The molecule has 0 unspecified atom stereocenters. The highest BCUT2D eigenvalue weighted by Gasteiger charge is 2.62. The summed E-state index contributed by atoms with van der Waals surface area (Å²) < 4.78 is 67.7. The molecule has 0 saturated carbocycles. The molecule has 0 aliphatic heterocycles. The smallest absolute Gasteiger partial charge is 0.455 e. The van der Waals surface area contributed by atoms with Crippen molar-refractivity contribution in [1.29, 1.82) is 0 Å². The largest absolute Gasteiger partial charge is 0.504 e. The summed E-state index contributed by atoms with van der Waals surface area (Å²) in [7, 11) is 0. The summed E-state index contributed by atoms with van der Waals surface area (Å²) in [4.78, 5) is 0. The van der Waals surface area contributed by atoms with Gasteiger partial charge in [-0.25, -0.2) is 0 Å². The third kappa shape index (κ3) is 3.43. The summed E-state index contributed by atoms with van der Waals surface area (Å²) >= 11 is 0. The maximum Gasteiger partial charge on any atom is 0.455 e. The van der Waals surface area contributed by atoms with E-state index in [9.17, 15) is 27.1 Å². The van der Waals surface area contributed by atoms with Crippen LogP contribution in [0.25, 0.3) is 0 Å². The number of rotatable bonds is 4. The van der Waals surface area contributed by atoms with Crippen LogP contribution in [0.3, 0.4) is 0 Å². The number of hydrogen-bond acceptors (Lipinski definition) is 3. The predicted octanol–water partition coefficient (Wildman–Crippen LogP) is 3.41. The molecule has 0 aromatic heterocycles. The monoisotopic (exact) mass is 321 g/mol. The van der Waals surface area contributed by atoms with E-state index in [1.54, 1.807) is 6.92 Å². The summed E-state index contributed by atoms with van der Waals surface area (Å²) in [5, 5.41) is 9.61. The van der Waals surface area contributed by atoms with E-state index in [0.29, 0.717) is 0 Å². The Kier molecular flexibility index (Phi) is 6.03. The van der Waals surface area contributed by atoms with E-state index in [1.165, 1.54) is 12.1 Å². The highest BCUT2D eigenvalue weighted by Crippen LogP contribution is 2.46. The van der Waals surface area contributed by atoms with Crippen LogP contribution in [0.2, 0.25) is 0 Å². The van der Waals surface area contributed by atoms with Crippen LogP contribution in [0.15, 0.2) is 18.2 Å². The summed E-state index contributed by atoms with van der Waals surface area (Å²) in [5.74, 6) is -6.18. The van der Waals surface area contributed by atoms with Gasteiger partial charge in [-0.1, -0.05) is 12.1 Å². The molecule has 9 heteroatoms. The van der Waals surface area contributed by atoms with E-state index < -0.39 is 29.5 Å². The zero-order chi connectivity index (χ0) is 14.8. The second-order valence-electron chi connectivity index (χ2n) is 3.73. The number of phenols is 1. The Morgan fingerprint density at radius 3 is 2.25 bits per heavy atom. The molecule has 3 N–H and O–H groups in total. The van der Waals surface area contributed by atoms with Gasteiger partial charge < -0.3 is 15.6 Å². The standard InChI is InChI=1S/C11H12F5NO2.ClH/c1-2-19-7-5-3-4-6(8(7)18)9(17)10(12,13)11(14,15)16;/h3-5,9,18H,2,17H2,1H3;1H/t9-;/m1./s1. The fourth-order valence-electron chi connectivity index (χ4n) is 1.43. The lowest BCUT2D eigenvalue weighted by Crippen LogP contribution is -2.45. The van der Waals surface area contributed by atoms with Crippen LogP contribution in [-0.2, 0) is 0 Å². The van der Waals surface area contributed by atoms with Gasteiger partial charge in [0.15, 0.2) is 11.5 Å². The van der Waals surface area contributed by atoms with E-state index in [1.807, 2.05) is 0 Å². The molecule has 1 aromatic rings. The fraction of sp³-hybridized carbons (Fsp3) is 0.455. The minimum absolute atomic E-state index is 0. The Labute approximate surface area is 117 Å². The van der Waals surface area contributed by atoms with Gasteiger partial charge in [-0.05, 0) is 13.0 Å². The first-order valence-electron chi connectivity index (χ1n) is 5.27. The van der Waals surface area contributed by atoms with Gasteiger partial charge in [0.2, 0.25) is 0 Å². The lowest BCUT2D eigenvalue weighted by atomic mass is 9.99. The molecule has 1 rings (SSSR count). The molecular formula is C11H13ClF5NO2. The fourth-order valence-corrected chi connectivity index (χ4v) is 1.43. The zero-order valence-electron chi connectivity index (χ0n) is 10.2. The van der Waals surface area contributed by atoms with E-state index in [0.717, 1.165) is 6.07 Å². The Morgan fingerprint density at radius 2 is 1.80 bits per heavy atom. The number of ether oxygens (including phenoxy) is 1. The molecule has 0 amide bonds. The van der Waals surface area contributed by atoms with Gasteiger partial charge in [-0.2, -0.15) is 22.0 Å². The zero-order valence-corrected chi connectivity index (χ0v) is 11.1. The topological polar surface area (TPSA) is 55.5 Å². The second kappa shape index (κ2) is 6.45. The van der Waals surface area contributed by atoms with E-state index >= 15 is 0 Å². The molecule has 0 saturated heterocycles. The summed E-state index contributed by atoms with van der Waals surface area (Å²) in [6, 6.07) is 0.586. The van der Waals surface area contributed by atoms with Crippen molar-refractivity contribution in [1.82, 2.24) is 0 Å². The minimum atomic E-state index is -5.81. The molecule has 0 fully saturated rings. The van der Waals surface area contributed by atoms with Crippen molar-refractivity contribution in [2.45, 2.75) is 25.1 Å². The van der Waals surface area contributed by atoms with Crippen LogP contribution in [0.1, 0.15) is 18.5 Å². The quantitative estimate of drug-likeness (QED) is 0.836. The number of halogens is 6. The number of aromatic hydroxyl groups is 1. The van der Waals surface area contributed by atoms with Crippen molar-refractivity contribution in [2.75, 3.05) is 6.61 Å². The minimum Gasteiger partial charge on any atom is -0.504 e. The molecule has 0 heterocycles. The average Bonchev–Trinajstić information content (AvgIpc) is 2.30. The molecule has 0 spiro atoms. The van der Waals surface area contributed by atoms with Gasteiger partial charge in [0.1, 0.15) is 6.04 Å². The number of hydrogen-bond donors (Lipinski definition) is 2. The van der Waals surface area contributed by atoms with Crippen molar-refractivity contribution in [3.63, 3.8) is 0 Å². The Balaban J connectivity index is 0.00000361. The van der Waals surface area contributed by atoms with Crippen molar-refractivity contribution in [3.8, 4) is 11.5 Å². The second-order valence-corrected chi connectivity index (χ2v) is 3.73. The summed E-state index contributed by atoms with van der Waals surface area (Å²) in [6.45, 7) is 1.68. The third-order valence-electron chi connectivity index (χ3n) is 2.43. The van der Waals surface area contributed by atoms with Crippen LogP contribution < -0.4 is 10.5 Å². The van der Waals surface area contributed by atoms with Crippen LogP contribution in [-0.4, -0.2) is 23.8 Å². The molecule has 0 aliphatic carbocycles. The SMILES string of the molecule is CCOc1cccc([C@@H](N)C(F)(F)C(F)(F)F)c1O.Cl. The number of nitrogens with two attached hydrogens (primary N) is 1. The van der Waals surface area contributed by atoms with Gasteiger partial charge in [-0.15, -0.1) is 12.4 Å². The average molecular weight is 322 g/mol. The normalized spacial score (nSPS) is 13.6. The predicted molar refractivity (Wildman–Crippen MR) is 64.5 cm³/mol. The molecule has 116 valence electrons. The van der Waals surface area contributed by atoms with Crippen LogP contribution >= 0.6 is 12.4 Å². The van der Waals surface area contributed by atoms with Crippen molar-refractivity contribution >= 4 is 12.4 Å². The Bertz CT molecular complexity index is 453. The molecule has 0 bridgehead atoms. The van der Waals surface area contributed by atoms with Gasteiger partial charge in [0.05, 0.1) is 6.61 Å². The number of phenolic OH excluding ortho intramolecular Hbond substituents is 1. The van der Waals surface area contributed by atoms with E-state index in [2.05, 4.69) is 0 Å².